The van der Waals surface area contributed by atoms with Gasteiger partial charge < -0.3 is 5.32 Å². The van der Waals surface area contributed by atoms with Gasteiger partial charge in [-0.25, -0.2) is 0 Å². The molecule has 1 N–H and O–H groups in total. The van der Waals surface area contributed by atoms with E-state index in [0.717, 1.165) is 6.54 Å². The molecule has 1 heteroatoms. The van der Waals surface area contributed by atoms with Crippen molar-refractivity contribution in [2.24, 2.45) is 5.41 Å². The van der Waals surface area contributed by atoms with Crippen molar-refractivity contribution < 1.29 is 0 Å². The molecule has 0 unspecified atom stereocenters. The van der Waals surface area contributed by atoms with Crippen LogP contribution >= 0.6 is 0 Å². The van der Waals surface area contributed by atoms with Gasteiger partial charge in [-0.3, -0.25) is 0 Å². The van der Waals surface area contributed by atoms with Crippen molar-refractivity contribution in [3.05, 3.63) is 0 Å². The van der Waals surface area contributed by atoms with E-state index in [1.165, 1.54) is 12.8 Å². The van der Waals surface area contributed by atoms with Crippen LogP contribution in [-0.4, -0.2) is 12.1 Å². The molecule has 0 aromatic rings. The highest BCUT2D eigenvalue weighted by atomic mass is 14.9. The van der Waals surface area contributed by atoms with E-state index in [-0.39, 0.29) is 5.54 Å². The maximum atomic E-state index is 3.55. The van der Waals surface area contributed by atoms with Crippen LogP contribution in [0.2, 0.25) is 0 Å². The minimum Gasteiger partial charge on any atom is -0.312 e. The Morgan fingerprint density at radius 2 is 1.50 bits per heavy atom. The minimum atomic E-state index is 0.255. The topological polar surface area (TPSA) is 12.0 Å². The number of hydrogen-bond donors (Lipinski definition) is 1. The lowest BCUT2D eigenvalue weighted by atomic mass is 9.87. The highest BCUT2D eigenvalue weighted by Gasteiger charge is 2.19. The fraction of sp³-hybridized carbons (Fsp3) is 1.00. The smallest absolute Gasteiger partial charge is 0.00967 e. The Labute approximate surface area is 77.9 Å². The zero-order valence-electron chi connectivity index (χ0n) is 9.62. The van der Waals surface area contributed by atoms with Crippen LogP contribution in [0, 0.1) is 5.41 Å². The highest BCUT2D eigenvalue weighted by Crippen LogP contribution is 2.21. The van der Waals surface area contributed by atoms with Gasteiger partial charge in [-0.05, 0) is 32.6 Å². The molecular weight excluding hydrogens is 146 g/mol. The quantitative estimate of drug-likeness (QED) is 0.685. The summed E-state index contributed by atoms with van der Waals surface area (Å²) in [7, 11) is 0. The summed E-state index contributed by atoms with van der Waals surface area (Å²) in [5.41, 5.74) is 0.701. The van der Waals surface area contributed by atoms with Gasteiger partial charge in [0.15, 0.2) is 0 Å². The summed E-state index contributed by atoms with van der Waals surface area (Å²) in [4.78, 5) is 0. The Bertz CT molecular complexity index is 119. The molecule has 1 nitrogen and oxygen atoms in total. The fourth-order valence-electron chi connectivity index (χ4n) is 1.27. The zero-order chi connectivity index (χ0) is 9.83. The van der Waals surface area contributed by atoms with Crippen molar-refractivity contribution in [3.8, 4) is 0 Å². The molecule has 0 saturated heterocycles. The average molecular weight is 171 g/mol. The maximum Gasteiger partial charge on any atom is 0.00967 e. The maximum absolute atomic E-state index is 3.55. The summed E-state index contributed by atoms with van der Waals surface area (Å²) in [5.74, 6) is 0. The van der Waals surface area contributed by atoms with Crippen LogP contribution in [0.3, 0.4) is 0 Å². The lowest BCUT2D eigenvalue weighted by molar-refractivity contribution is 0.271. The molecular formula is C11H25N. The second-order valence-electron chi connectivity index (χ2n) is 5.52. The van der Waals surface area contributed by atoms with E-state index in [9.17, 15) is 0 Å². The predicted molar refractivity (Wildman–Crippen MR) is 56.4 cm³/mol. The van der Waals surface area contributed by atoms with Crippen molar-refractivity contribution in [1.82, 2.24) is 5.32 Å². The van der Waals surface area contributed by atoms with Gasteiger partial charge in [0.1, 0.15) is 0 Å². The van der Waals surface area contributed by atoms with Gasteiger partial charge in [-0.15, -0.1) is 0 Å². The molecule has 0 aromatic carbocycles. The summed E-state index contributed by atoms with van der Waals surface area (Å²) in [6, 6.07) is 0. The summed E-state index contributed by atoms with van der Waals surface area (Å²) >= 11 is 0. The highest BCUT2D eigenvalue weighted by molar-refractivity contribution is 4.77. The first-order valence-corrected chi connectivity index (χ1v) is 5.02. The molecule has 0 radical (unpaired) electrons. The van der Waals surface area contributed by atoms with Gasteiger partial charge >= 0.3 is 0 Å². The summed E-state index contributed by atoms with van der Waals surface area (Å²) in [6.07, 6.45) is 2.58. The van der Waals surface area contributed by atoms with Gasteiger partial charge in [-0.2, -0.15) is 0 Å². The molecule has 74 valence electrons. The standard InChI is InChI=1S/C11H25N/c1-7-8-11(5,6)9-12-10(2,3)4/h12H,7-9H2,1-6H3. The first-order valence-electron chi connectivity index (χ1n) is 5.02. The number of nitrogens with one attached hydrogen (secondary N) is 1. The fourth-order valence-corrected chi connectivity index (χ4v) is 1.27. The summed E-state index contributed by atoms with van der Waals surface area (Å²) in [6.45, 7) is 14.7. The van der Waals surface area contributed by atoms with Crippen LogP contribution in [0.25, 0.3) is 0 Å². The van der Waals surface area contributed by atoms with Gasteiger partial charge in [0, 0.05) is 12.1 Å². The minimum absolute atomic E-state index is 0.255. The first-order chi connectivity index (χ1) is 5.27. The van der Waals surface area contributed by atoms with Gasteiger partial charge in [-0.1, -0.05) is 27.2 Å². The van der Waals surface area contributed by atoms with E-state index >= 15 is 0 Å². The number of hydrogen-bond acceptors (Lipinski definition) is 1. The Hall–Kier alpha value is -0.0400. The van der Waals surface area contributed by atoms with E-state index in [2.05, 4.69) is 46.9 Å². The molecule has 0 aliphatic heterocycles. The summed E-state index contributed by atoms with van der Waals surface area (Å²) in [5, 5.41) is 3.55. The van der Waals surface area contributed by atoms with Crippen LogP contribution in [0.4, 0.5) is 0 Å². The van der Waals surface area contributed by atoms with E-state index in [0.29, 0.717) is 5.41 Å². The lowest BCUT2D eigenvalue weighted by Gasteiger charge is -2.30. The Morgan fingerprint density at radius 3 is 1.83 bits per heavy atom. The van der Waals surface area contributed by atoms with Crippen molar-refractivity contribution in [1.29, 1.82) is 0 Å². The van der Waals surface area contributed by atoms with E-state index in [1.807, 2.05) is 0 Å². The van der Waals surface area contributed by atoms with Crippen LogP contribution < -0.4 is 5.32 Å². The van der Waals surface area contributed by atoms with Gasteiger partial charge in [0.2, 0.25) is 0 Å². The van der Waals surface area contributed by atoms with Crippen molar-refractivity contribution in [2.75, 3.05) is 6.54 Å². The van der Waals surface area contributed by atoms with Crippen molar-refractivity contribution in [2.45, 2.75) is 59.9 Å². The van der Waals surface area contributed by atoms with Crippen LogP contribution in [-0.2, 0) is 0 Å². The first kappa shape index (κ1) is 12.0. The van der Waals surface area contributed by atoms with Crippen LogP contribution in [0.15, 0.2) is 0 Å². The van der Waals surface area contributed by atoms with E-state index < -0.39 is 0 Å². The largest absolute Gasteiger partial charge is 0.312 e. The third kappa shape index (κ3) is 6.66. The molecule has 0 saturated carbocycles. The lowest BCUT2D eigenvalue weighted by Crippen LogP contribution is -2.41. The molecule has 0 amide bonds. The molecule has 0 spiro atoms. The zero-order valence-corrected chi connectivity index (χ0v) is 9.62. The van der Waals surface area contributed by atoms with Gasteiger partial charge in [0.05, 0.1) is 0 Å². The monoisotopic (exact) mass is 171 g/mol. The molecule has 12 heavy (non-hydrogen) atoms. The second-order valence-corrected chi connectivity index (χ2v) is 5.52. The van der Waals surface area contributed by atoms with Crippen molar-refractivity contribution in [3.63, 3.8) is 0 Å². The Balaban J connectivity index is 3.75. The SMILES string of the molecule is CCCC(C)(C)CNC(C)(C)C. The molecule has 0 atom stereocenters. The number of rotatable bonds is 4. The predicted octanol–water partition coefficient (Wildman–Crippen LogP) is 3.20. The van der Waals surface area contributed by atoms with Crippen molar-refractivity contribution >= 4 is 0 Å². The second kappa shape index (κ2) is 4.27. The molecule has 0 aromatic heterocycles. The van der Waals surface area contributed by atoms with E-state index in [4.69, 9.17) is 0 Å². The molecule has 0 rings (SSSR count). The Morgan fingerprint density at radius 1 is 1.00 bits per heavy atom. The third-order valence-electron chi connectivity index (χ3n) is 2.02. The Kier molecular flexibility index (Phi) is 4.25. The third-order valence-corrected chi connectivity index (χ3v) is 2.02. The van der Waals surface area contributed by atoms with Gasteiger partial charge in [0.25, 0.3) is 0 Å². The molecule has 0 heterocycles. The molecule has 0 fully saturated rings. The average Bonchev–Trinajstić information content (AvgIpc) is 1.83. The molecule has 0 aliphatic carbocycles. The van der Waals surface area contributed by atoms with Crippen LogP contribution in [0.5, 0.6) is 0 Å². The summed E-state index contributed by atoms with van der Waals surface area (Å²) < 4.78 is 0. The van der Waals surface area contributed by atoms with Crippen LogP contribution in [0.1, 0.15) is 54.4 Å². The van der Waals surface area contributed by atoms with E-state index in [1.54, 1.807) is 0 Å². The molecule has 0 bridgehead atoms. The normalized spacial score (nSPS) is 13.5. The molecule has 0 aliphatic rings.